The Bertz CT molecular complexity index is 589. The zero-order valence-electron chi connectivity index (χ0n) is 11.7. The third-order valence-electron chi connectivity index (χ3n) is 3.75. The summed E-state index contributed by atoms with van der Waals surface area (Å²) in [7, 11) is 0. The van der Waals surface area contributed by atoms with E-state index in [9.17, 15) is 4.79 Å². The van der Waals surface area contributed by atoms with Crippen molar-refractivity contribution in [2.75, 3.05) is 6.54 Å². The van der Waals surface area contributed by atoms with Gasteiger partial charge in [-0.25, -0.2) is 0 Å². The highest BCUT2D eigenvalue weighted by Crippen LogP contribution is 2.34. The van der Waals surface area contributed by atoms with Gasteiger partial charge in [0.25, 0.3) is 5.91 Å². The maximum atomic E-state index is 12.5. The van der Waals surface area contributed by atoms with Crippen LogP contribution >= 0.6 is 11.3 Å². The SMILES string of the molecule is CC(C)c1cc(C2CCCN2C(=O)c2ccsc2)on1. The van der Waals surface area contributed by atoms with Crippen LogP contribution in [0.2, 0.25) is 0 Å². The Hall–Kier alpha value is -1.62. The van der Waals surface area contributed by atoms with Gasteiger partial charge in [0.2, 0.25) is 0 Å². The van der Waals surface area contributed by atoms with Gasteiger partial charge in [-0.1, -0.05) is 19.0 Å². The number of hydrogen-bond acceptors (Lipinski definition) is 4. The molecule has 0 saturated carbocycles. The lowest BCUT2D eigenvalue weighted by molar-refractivity contribution is 0.0715. The minimum absolute atomic E-state index is 0.0300. The van der Waals surface area contributed by atoms with Gasteiger partial charge in [-0.2, -0.15) is 11.3 Å². The summed E-state index contributed by atoms with van der Waals surface area (Å²) in [6, 6.07) is 3.90. The standard InChI is InChI=1S/C15H18N2O2S/c1-10(2)12-8-14(19-16-12)13-4-3-6-17(13)15(18)11-5-7-20-9-11/h5,7-10,13H,3-4,6H2,1-2H3. The molecule has 0 spiro atoms. The summed E-state index contributed by atoms with van der Waals surface area (Å²) >= 11 is 1.55. The molecule has 20 heavy (non-hydrogen) atoms. The molecule has 3 heterocycles. The van der Waals surface area contributed by atoms with Crippen molar-refractivity contribution in [3.8, 4) is 0 Å². The summed E-state index contributed by atoms with van der Waals surface area (Å²) < 4.78 is 5.47. The summed E-state index contributed by atoms with van der Waals surface area (Å²) in [5.74, 6) is 1.25. The number of amides is 1. The first kappa shape index (κ1) is 13.4. The quantitative estimate of drug-likeness (QED) is 0.863. The first-order valence-corrected chi connectivity index (χ1v) is 7.91. The first-order valence-electron chi connectivity index (χ1n) is 6.96. The van der Waals surface area contributed by atoms with Crippen molar-refractivity contribution in [1.82, 2.24) is 10.1 Å². The summed E-state index contributed by atoms with van der Waals surface area (Å²) in [5.41, 5.74) is 1.72. The van der Waals surface area contributed by atoms with E-state index in [1.807, 2.05) is 27.8 Å². The minimum Gasteiger partial charge on any atom is -0.359 e. The molecule has 2 aromatic rings. The van der Waals surface area contributed by atoms with E-state index in [0.717, 1.165) is 36.4 Å². The summed E-state index contributed by atoms with van der Waals surface area (Å²) in [6.07, 6.45) is 1.96. The lowest BCUT2D eigenvalue weighted by atomic mass is 10.1. The zero-order chi connectivity index (χ0) is 14.1. The predicted molar refractivity (Wildman–Crippen MR) is 77.9 cm³/mol. The van der Waals surface area contributed by atoms with E-state index < -0.39 is 0 Å². The Balaban J connectivity index is 1.83. The number of hydrogen-bond donors (Lipinski definition) is 0. The Kier molecular flexibility index (Phi) is 3.61. The molecule has 1 aliphatic rings. The van der Waals surface area contributed by atoms with Crippen LogP contribution in [0.1, 0.15) is 60.5 Å². The number of thiophene rings is 1. The van der Waals surface area contributed by atoms with Crippen LogP contribution < -0.4 is 0 Å². The lowest BCUT2D eigenvalue weighted by Crippen LogP contribution is -2.30. The number of aromatic nitrogens is 1. The topological polar surface area (TPSA) is 46.3 Å². The molecule has 1 fully saturated rings. The molecule has 0 N–H and O–H groups in total. The second-order valence-electron chi connectivity index (χ2n) is 5.48. The summed E-state index contributed by atoms with van der Waals surface area (Å²) in [5, 5.41) is 7.94. The number of carbonyl (C=O) groups excluding carboxylic acids is 1. The molecule has 0 aromatic carbocycles. The molecule has 4 nitrogen and oxygen atoms in total. The van der Waals surface area contributed by atoms with Crippen molar-refractivity contribution in [1.29, 1.82) is 0 Å². The number of nitrogens with zero attached hydrogens (tertiary/aromatic N) is 2. The molecule has 1 aliphatic heterocycles. The molecule has 5 heteroatoms. The molecule has 0 radical (unpaired) electrons. The Morgan fingerprint density at radius 1 is 1.55 bits per heavy atom. The Labute approximate surface area is 122 Å². The van der Waals surface area contributed by atoms with Crippen molar-refractivity contribution >= 4 is 17.2 Å². The van der Waals surface area contributed by atoms with Crippen molar-refractivity contribution in [2.45, 2.75) is 38.6 Å². The van der Waals surface area contributed by atoms with Crippen LogP contribution in [0, 0.1) is 0 Å². The fourth-order valence-corrected chi connectivity index (χ4v) is 3.22. The summed E-state index contributed by atoms with van der Waals surface area (Å²) in [6.45, 7) is 4.96. The van der Waals surface area contributed by atoms with Gasteiger partial charge in [0, 0.05) is 18.0 Å². The highest BCUT2D eigenvalue weighted by Gasteiger charge is 2.33. The van der Waals surface area contributed by atoms with Gasteiger partial charge in [0.15, 0.2) is 5.76 Å². The number of likely N-dealkylation sites (tertiary alicyclic amines) is 1. The van der Waals surface area contributed by atoms with E-state index in [1.54, 1.807) is 11.3 Å². The number of rotatable bonds is 3. The van der Waals surface area contributed by atoms with Crippen molar-refractivity contribution in [2.24, 2.45) is 0 Å². The lowest BCUT2D eigenvalue weighted by Gasteiger charge is -2.22. The monoisotopic (exact) mass is 290 g/mol. The van der Waals surface area contributed by atoms with E-state index in [2.05, 4.69) is 19.0 Å². The normalized spacial score (nSPS) is 18.9. The van der Waals surface area contributed by atoms with E-state index in [0.29, 0.717) is 5.92 Å². The van der Waals surface area contributed by atoms with Crippen LogP contribution in [-0.2, 0) is 0 Å². The van der Waals surface area contributed by atoms with Gasteiger partial charge in [0.1, 0.15) is 0 Å². The van der Waals surface area contributed by atoms with Crippen LogP contribution in [0.15, 0.2) is 27.4 Å². The highest BCUT2D eigenvalue weighted by atomic mass is 32.1. The second kappa shape index (κ2) is 5.40. The van der Waals surface area contributed by atoms with Crippen molar-refractivity contribution in [3.63, 3.8) is 0 Å². The molecule has 1 atom stereocenters. The fraction of sp³-hybridized carbons (Fsp3) is 0.467. The zero-order valence-corrected chi connectivity index (χ0v) is 12.5. The van der Waals surface area contributed by atoms with Crippen molar-refractivity contribution in [3.05, 3.63) is 39.9 Å². The van der Waals surface area contributed by atoms with Crippen molar-refractivity contribution < 1.29 is 9.32 Å². The maximum absolute atomic E-state index is 12.5. The first-order chi connectivity index (χ1) is 9.66. The average molecular weight is 290 g/mol. The molecule has 2 aromatic heterocycles. The van der Waals surface area contributed by atoms with Crippen LogP contribution in [0.5, 0.6) is 0 Å². The van der Waals surface area contributed by atoms with Crippen LogP contribution in [-0.4, -0.2) is 22.5 Å². The van der Waals surface area contributed by atoms with E-state index in [1.165, 1.54) is 0 Å². The average Bonchev–Trinajstić information content (AvgIpc) is 3.17. The third-order valence-corrected chi connectivity index (χ3v) is 4.43. The Morgan fingerprint density at radius 2 is 2.40 bits per heavy atom. The molecule has 0 aliphatic carbocycles. The van der Waals surface area contributed by atoms with Gasteiger partial charge in [-0.3, -0.25) is 4.79 Å². The molecule has 1 unspecified atom stereocenters. The van der Waals surface area contributed by atoms with E-state index >= 15 is 0 Å². The van der Waals surface area contributed by atoms with E-state index in [4.69, 9.17) is 4.52 Å². The van der Waals surface area contributed by atoms with Gasteiger partial charge < -0.3 is 9.42 Å². The fourth-order valence-electron chi connectivity index (χ4n) is 2.59. The van der Waals surface area contributed by atoms with Crippen LogP contribution in [0.3, 0.4) is 0 Å². The molecular weight excluding hydrogens is 272 g/mol. The smallest absolute Gasteiger partial charge is 0.255 e. The molecule has 1 saturated heterocycles. The largest absolute Gasteiger partial charge is 0.359 e. The molecule has 106 valence electrons. The highest BCUT2D eigenvalue weighted by molar-refractivity contribution is 7.08. The molecule has 3 rings (SSSR count). The molecule has 0 bridgehead atoms. The molecule has 1 amide bonds. The predicted octanol–water partition coefficient (Wildman–Crippen LogP) is 3.84. The van der Waals surface area contributed by atoms with E-state index in [-0.39, 0.29) is 11.9 Å². The van der Waals surface area contributed by atoms with Crippen LogP contribution in [0.25, 0.3) is 0 Å². The third kappa shape index (κ3) is 2.38. The van der Waals surface area contributed by atoms with Gasteiger partial charge >= 0.3 is 0 Å². The minimum atomic E-state index is 0.0300. The maximum Gasteiger partial charge on any atom is 0.255 e. The van der Waals surface area contributed by atoms with Gasteiger partial charge in [0.05, 0.1) is 17.3 Å². The van der Waals surface area contributed by atoms with Crippen LogP contribution in [0.4, 0.5) is 0 Å². The second-order valence-corrected chi connectivity index (χ2v) is 6.26. The number of carbonyl (C=O) groups is 1. The van der Waals surface area contributed by atoms with Gasteiger partial charge in [-0.15, -0.1) is 0 Å². The molecular formula is C15H18N2O2S. The summed E-state index contributed by atoms with van der Waals surface area (Å²) in [4.78, 5) is 14.4. The Morgan fingerprint density at radius 3 is 3.05 bits per heavy atom. The van der Waals surface area contributed by atoms with Gasteiger partial charge in [-0.05, 0) is 30.2 Å².